The zero-order chi connectivity index (χ0) is 68.4. The van der Waals surface area contributed by atoms with E-state index in [2.05, 4.69) is 13.2 Å². The predicted octanol–water partition coefficient (Wildman–Crippen LogP) is 14.2. The van der Waals surface area contributed by atoms with Crippen molar-refractivity contribution in [3.8, 4) is 23.0 Å². The van der Waals surface area contributed by atoms with E-state index in [-0.39, 0.29) is 175 Å². The third kappa shape index (κ3) is 24.7. The van der Waals surface area contributed by atoms with Crippen LogP contribution < -0.4 is 18.9 Å². The lowest BCUT2D eigenvalue weighted by molar-refractivity contribution is -0.148. The molecule has 8 bridgehead atoms. The number of rotatable bonds is 44. The maximum Gasteiger partial charge on any atom is 0.330 e. The van der Waals surface area contributed by atoms with Crippen LogP contribution in [0.15, 0.2) is 73.8 Å². The Morgan fingerprint density at radius 1 is 0.330 bits per heavy atom. The van der Waals surface area contributed by atoms with Crippen LogP contribution in [0.1, 0.15) is 256 Å². The van der Waals surface area contributed by atoms with E-state index in [1.54, 1.807) is 62.4 Å². The van der Waals surface area contributed by atoms with Gasteiger partial charge in [0.15, 0.2) is 23.1 Å². The fourth-order valence-electron chi connectivity index (χ4n) is 11.0. The van der Waals surface area contributed by atoms with Gasteiger partial charge < -0.3 is 37.9 Å². The highest BCUT2D eigenvalue weighted by atomic mass is 16.6. The molecule has 0 atom stereocenters. The van der Waals surface area contributed by atoms with Crippen molar-refractivity contribution >= 4 is 58.6 Å². The number of carbonyl (C=O) groups is 10. The molecule has 94 heavy (non-hydrogen) atoms. The molecule has 4 aromatic carbocycles. The number of benzene rings is 4. The van der Waals surface area contributed by atoms with Crippen molar-refractivity contribution in [3.05, 3.63) is 141 Å². The molecule has 0 fully saturated rings. The predicted molar refractivity (Wildman–Crippen MR) is 357 cm³/mol. The normalized spacial score (nSPS) is 11.6. The van der Waals surface area contributed by atoms with E-state index in [0.717, 1.165) is 63.5 Å². The van der Waals surface area contributed by atoms with Gasteiger partial charge >= 0.3 is 23.9 Å². The van der Waals surface area contributed by atoms with Crippen LogP contribution in [0.5, 0.6) is 23.0 Å². The summed E-state index contributed by atoms with van der Waals surface area (Å²) in [6, 6.07) is 14.0. The Morgan fingerprint density at radius 3 is 0.755 bits per heavy atom. The van der Waals surface area contributed by atoms with Gasteiger partial charge in [-0.3, -0.25) is 38.4 Å². The minimum absolute atomic E-state index is 0.0657. The molecule has 0 radical (unpaired) electrons. The maximum absolute atomic E-state index is 14.7. The second kappa shape index (κ2) is 41.2. The molecule has 0 heterocycles. The minimum Gasteiger partial charge on any atom is -0.489 e. The summed E-state index contributed by atoms with van der Waals surface area (Å²) in [6.45, 7) is 16.8. The highest BCUT2D eigenvalue weighted by molar-refractivity contribution is 6.00. The van der Waals surface area contributed by atoms with E-state index in [1.807, 2.05) is 27.7 Å². The first kappa shape index (κ1) is 76.2. The number of ether oxygens (including phenoxy) is 8. The molecule has 0 unspecified atom stereocenters. The Kier molecular flexibility index (Phi) is 33.4. The van der Waals surface area contributed by atoms with Gasteiger partial charge in [0.1, 0.15) is 100 Å². The summed E-state index contributed by atoms with van der Waals surface area (Å²) in [5.74, 6) is -3.00. The third-order valence-corrected chi connectivity index (χ3v) is 16.0. The molecule has 0 aliphatic heterocycles. The van der Waals surface area contributed by atoms with Crippen molar-refractivity contribution < 1.29 is 85.8 Å². The Bertz CT molecular complexity index is 3000. The lowest BCUT2D eigenvalue weighted by atomic mass is 9.86. The molecule has 0 amide bonds. The standard InChI is InChI=1S/C76H96O18/c1-9-17-21-25-65(79)51-37-55-45-59-41-53(67(81)27-23-19-11-3)43-61(75(59)93-35-31-89-71(85)49-63(77)13-5)47-57-39-52(66(80)26-22-18-10-2)40-58(74(57)92-34-30-88-70(84)16-8)48-62-44-54(68(82)28-24-20-12-4)42-60(76(62)94-36-32-90-72(86)50-64(78)14-6)46-56(38-51)73(55)91-33-29-87-69(83)15-7/h15-16,37-44H,7-14,17-36,45-50H2,1-6H3. The summed E-state index contributed by atoms with van der Waals surface area (Å²) in [4.78, 5) is 134. The van der Waals surface area contributed by atoms with Crippen molar-refractivity contribution in [1.82, 2.24) is 0 Å². The Morgan fingerprint density at radius 2 is 0.553 bits per heavy atom. The summed E-state index contributed by atoms with van der Waals surface area (Å²) in [6.07, 6.45) is 11.1. The van der Waals surface area contributed by atoms with Gasteiger partial charge in [0.2, 0.25) is 0 Å². The van der Waals surface area contributed by atoms with Crippen LogP contribution in [0, 0.1) is 0 Å². The number of fused-ring (bicyclic) bond motifs is 8. The van der Waals surface area contributed by atoms with E-state index in [9.17, 15) is 47.9 Å². The Balaban J connectivity index is 2.01. The Labute approximate surface area is 554 Å². The average molecular weight is 1300 g/mol. The zero-order valence-corrected chi connectivity index (χ0v) is 56.2. The van der Waals surface area contributed by atoms with Gasteiger partial charge in [-0.1, -0.05) is 106 Å². The van der Waals surface area contributed by atoms with Crippen molar-refractivity contribution in [2.45, 2.75) is 196 Å². The van der Waals surface area contributed by atoms with Crippen molar-refractivity contribution in [3.63, 3.8) is 0 Å². The molecular formula is C76H96O18. The zero-order valence-electron chi connectivity index (χ0n) is 56.2. The number of hydrogen-bond acceptors (Lipinski definition) is 18. The van der Waals surface area contributed by atoms with Crippen LogP contribution in [0.3, 0.4) is 0 Å². The summed E-state index contributed by atoms with van der Waals surface area (Å²) >= 11 is 0. The first-order chi connectivity index (χ1) is 45.4. The van der Waals surface area contributed by atoms with Crippen LogP contribution >= 0.6 is 0 Å². The molecule has 0 saturated heterocycles. The fourth-order valence-corrected chi connectivity index (χ4v) is 11.0. The van der Waals surface area contributed by atoms with Crippen LogP contribution in [0.2, 0.25) is 0 Å². The average Bonchev–Trinajstić information content (AvgIpc) is 0.778. The molecule has 0 aromatic heterocycles. The molecule has 18 nitrogen and oxygen atoms in total. The number of ketones is 6. The Hall–Kier alpha value is -8.54. The number of Topliss-reactive ketones (excluding diaryl/α,β-unsaturated/α-hetero) is 6. The van der Waals surface area contributed by atoms with Gasteiger partial charge in [-0.2, -0.15) is 0 Å². The van der Waals surface area contributed by atoms with Crippen LogP contribution in [-0.2, 0) is 73.4 Å². The van der Waals surface area contributed by atoms with Gasteiger partial charge in [-0.05, 0) is 119 Å². The van der Waals surface area contributed by atoms with E-state index >= 15 is 0 Å². The summed E-state index contributed by atoms with van der Waals surface area (Å²) in [7, 11) is 0. The summed E-state index contributed by atoms with van der Waals surface area (Å²) < 4.78 is 49.1. The topological polar surface area (TPSA) is 245 Å². The molecule has 0 N–H and O–H groups in total. The first-order valence-electron chi connectivity index (χ1n) is 33.6. The number of esters is 4. The van der Waals surface area contributed by atoms with E-state index in [0.29, 0.717) is 92.4 Å². The SMILES string of the molecule is C=CC(=O)OCCOc1c2cc(C(=O)CCCCC)cc1Cc1cc(C(=O)CCCCC)cc(c1OCCOC(=O)CC(=O)CC)Cc1cc(C(=O)CCCCC)cc(c1OCCOC(=O)C=C)Cc1cc(C(=O)CCCCC)cc(c1OCCOC(=O)CC(=O)CC)C2. The molecule has 0 spiro atoms. The number of unbranched alkanes of at least 4 members (excludes halogenated alkanes) is 8. The molecular weight excluding hydrogens is 1200 g/mol. The number of hydrogen-bond donors (Lipinski definition) is 0. The quantitative estimate of drug-likeness (QED) is 0.00878. The smallest absolute Gasteiger partial charge is 0.330 e. The first-order valence-corrected chi connectivity index (χ1v) is 33.6. The van der Waals surface area contributed by atoms with E-state index in [1.165, 1.54) is 0 Å². The second-order valence-electron chi connectivity index (χ2n) is 23.4. The molecule has 1 aliphatic rings. The third-order valence-electron chi connectivity index (χ3n) is 16.0. The molecule has 508 valence electrons. The lowest BCUT2D eigenvalue weighted by Crippen LogP contribution is -2.18. The van der Waals surface area contributed by atoms with Gasteiger partial charge in [0.05, 0.1) is 0 Å². The molecule has 1 aliphatic carbocycles. The monoisotopic (exact) mass is 1300 g/mol. The number of carbonyl (C=O) groups excluding carboxylic acids is 10. The summed E-state index contributed by atoms with van der Waals surface area (Å²) in [5, 5.41) is 0. The summed E-state index contributed by atoms with van der Waals surface area (Å²) in [5.41, 5.74) is 4.98. The van der Waals surface area contributed by atoms with Gasteiger partial charge in [0, 0.05) is 98.6 Å². The molecule has 0 saturated carbocycles. The molecule has 18 heteroatoms. The second-order valence-corrected chi connectivity index (χ2v) is 23.4. The largest absolute Gasteiger partial charge is 0.489 e. The van der Waals surface area contributed by atoms with Gasteiger partial charge in [-0.25, -0.2) is 9.59 Å². The maximum atomic E-state index is 14.7. The minimum atomic E-state index is -0.734. The van der Waals surface area contributed by atoms with Crippen molar-refractivity contribution in [2.24, 2.45) is 0 Å². The van der Waals surface area contributed by atoms with Crippen LogP contribution in [0.25, 0.3) is 0 Å². The molecule has 4 aromatic rings. The lowest BCUT2D eigenvalue weighted by Gasteiger charge is -2.25. The van der Waals surface area contributed by atoms with Crippen molar-refractivity contribution in [1.29, 1.82) is 0 Å². The fraction of sp³-hybridized carbons (Fsp3) is 0.500. The van der Waals surface area contributed by atoms with Gasteiger partial charge in [0.25, 0.3) is 0 Å². The molecule has 5 rings (SSSR count). The highest BCUT2D eigenvalue weighted by Crippen LogP contribution is 2.42. The highest BCUT2D eigenvalue weighted by Gasteiger charge is 2.28. The van der Waals surface area contributed by atoms with E-state index < -0.39 is 36.7 Å². The van der Waals surface area contributed by atoms with Crippen LogP contribution in [-0.4, -0.2) is 111 Å². The van der Waals surface area contributed by atoms with E-state index in [4.69, 9.17) is 37.9 Å². The van der Waals surface area contributed by atoms with Crippen molar-refractivity contribution in [2.75, 3.05) is 52.9 Å². The van der Waals surface area contributed by atoms with Crippen LogP contribution in [0.4, 0.5) is 0 Å². The van der Waals surface area contributed by atoms with Gasteiger partial charge in [-0.15, -0.1) is 0 Å².